The maximum absolute atomic E-state index is 12.5. The summed E-state index contributed by atoms with van der Waals surface area (Å²) in [6.45, 7) is 13.0. The van der Waals surface area contributed by atoms with E-state index in [0.29, 0.717) is 12.1 Å². The van der Waals surface area contributed by atoms with E-state index in [1.165, 1.54) is 107 Å². The fourth-order valence-corrected chi connectivity index (χ4v) is 13.0. The van der Waals surface area contributed by atoms with E-state index >= 15 is 0 Å². The van der Waals surface area contributed by atoms with Crippen molar-refractivity contribution < 1.29 is 24.5 Å². The Morgan fingerprint density at radius 3 is 1.49 bits per heavy atom. The van der Waals surface area contributed by atoms with Crippen molar-refractivity contribution in [3.05, 3.63) is 81.9 Å². The Hall–Kier alpha value is -3.34. The molecule has 9 heteroatoms. The lowest BCUT2D eigenvalue weighted by Gasteiger charge is -2.58. The Kier molecular flexibility index (Phi) is 14.5. The van der Waals surface area contributed by atoms with Crippen LogP contribution < -0.4 is 0 Å². The number of aliphatic hydroxyl groups excluding tert-OH is 1. The molecule has 8 fully saturated rings. The highest BCUT2D eigenvalue weighted by Gasteiger charge is 2.48. The molecule has 8 heterocycles. The van der Waals surface area contributed by atoms with E-state index in [2.05, 4.69) is 51.6 Å². The van der Waals surface area contributed by atoms with Crippen LogP contribution in [0.1, 0.15) is 136 Å². The molecule has 2 aromatic rings. The number of rotatable bonds is 5. The zero-order valence-electron chi connectivity index (χ0n) is 37.6. The van der Waals surface area contributed by atoms with E-state index in [-0.39, 0.29) is 18.2 Å². The summed E-state index contributed by atoms with van der Waals surface area (Å²) in [4.78, 5) is 33.9. The first-order valence-corrected chi connectivity index (χ1v) is 24.1. The number of nitrogens with zero attached hydrogens (tertiary/aromatic N) is 4. The maximum atomic E-state index is 12.5. The molecule has 8 aliphatic rings. The zero-order valence-corrected chi connectivity index (χ0v) is 37.6. The molecule has 10 rings (SSSR count). The number of aliphatic carboxylic acids is 1. The fraction of sp³-hybridized carbons (Fsp3) is 0.654. The van der Waals surface area contributed by atoms with Crippen molar-refractivity contribution >= 4 is 24.1 Å². The van der Waals surface area contributed by atoms with Crippen LogP contribution >= 0.6 is 0 Å². The number of fused-ring (bicyclic) bond motifs is 12. The molecule has 0 aliphatic carbocycles. The number of carboxylic acids is 1. The van der Waals surface area contributed by atoms with Gasteiger partial charge in [0.05, 0.1) is 6.10 Å². The number of carbonyl (C=O) groups excluding carboxylic acids is 1. The number of piperidine rings is 8. The average Bonchev–Trinajstić information content (AvgIpc) is 3.23. The highest BCUT2D eigenvalue weighted by Crippen LogP contribution is 2.43. The number of ether oxygens (including phenoxy) is 1. The van der Waals surface area contributed by atoms with Gasteiger partial charge in [0.2, 0.25) is 0 Å². The summed E-state index contributed by atoms with van der Waals surface area (Å²) in [6.07, 6.45) is 26.9. The van der Waals surface area contributed by atoms with Crippen LogP contribution in [0.3, 0.4) is 0 Å². The third-order valence-corrected chi connectivity index (χ3v) is 15.9. The molecule has 10 atom stereocenters. The van der Waals surface area contributed by atoms with Gasteiger partial charge < -0.3 is 14.9 Å². The van der Waals surface area contributed by atoms with Gasteiger partial charge in [0.15, 0.2) is 0 Å². The molecular formula is C52H74N4O5. The van der Waals surface area contributed by atoms with Crippen LogP contribution in [-0.4, -0.2) is 128 Å². The van der Waals surface area contributed by atoms with Crippen molar-refractivity contribution in [3.63, 3.8) is 0 Å². The minimum atomic E-state index is -0.917. The number of carbonyl (C=O) groups is 2. The molecule has 2 N–H and O–H groups in total. The summed E-state index contributed by atoms with van der Waals surface area (Å²) in [5, 5.41) is 18.3. The van der Waals surface area contributed by atoms with Crippen molar-refractivity contribution in [1.82, 2.24) is 19.6 Å². The van der Waals surface area contributed by atoms with Gasteiger partial charge in [-0.2, -0.15) is 0 Å². The molecule has 8 saturated heterocycles. The fourth-order valence-electron chi connectivity index (χ4n) is 13.0. The minimum Gasteiger partial charge on any atom is -0.478 e. The average molecular weight is 835 g/mol. The van der Waals surface area contributed by atoms with Gasteiger partial charge in [-0.25, -0.2) is 9.59 Å². The van der Waals surface area contributed by atoms with Crippen LogP contribution in [-0.2, 0) is 14.3 Å². The van der Waals surface area contributed by atoms with Crippen molar-refractivity contribution in [2.75, 3.05) is 26.2 Å². The van der Waals surface area contributed by atoms with Gasteiger partial charge >= 0.3 is 11.9 Å². The summed E-state index contributed by atoms with van der Waals surface area (Å²) in [5.41, 5.74) is 6.75. The third-order valence-electron chi connectivity index (χ3n) is 15.9. The van der Waals surface area contributed by atoms with Crippen molar-refractivity contribution in [2.45, 2.75) is 191 Å². The van der Waals surface area contributed by atoms with Gasteiger partial charge in [-0.05, 0) is 159 Å². The second kappa shape index (κ2) is 20.0. The number of hydrogen-bond acceptors (Lipinski definition) is 8. The molecular weight excluding hydrogens is 761 g/mol. The van der Waals surface area contributed by atoms with E-state index in [1.807, 2.05) is 38.1 Å². The summed E-state index contributed by atoms with van der Waals surface area (Å²) >= 11 is 0. The summed E-state index contributed by atoms with van der Waals surface area (Å²) < 4.78 is 5.89. The van der Waals surface area contributed by atoms with Crippen LogP contribution in [0.4, 0.5) is 0 Å². The standard InChI is InChI=1S/C26H36N2O2.C15H26N2O.C11H12O2/c1-18-6-7-20(19(2)13-18)8-9-26(29)30-25-10-12-28-22-14-21-5-3-4-11-27(21)23(15-22)16-24(28)17-25;18-15-4-6-17-12-7-11-3-1-2-5-16(11)13(8-12)9-14(17)10-15;1-8-3-4-10(9(2)7-8)5-6-11(12)13/h6-9,13,21-25H,3-5,10-12,14-17H2,1-2H3;11-15,18H,1-10H2;3-7H,1-2H3,(H,12,13)/b9-8-;;6-5+/t21-,22+,23+,24-,25?;11-,12+,13+,14-,15?;/m11./s1. The number of aliphatic hydroxyl groups is 1. The predicted octanol–water partition coefficient (Wildman–Crippen LogP) is 8.48. The van der Waals surface area contributed by atoms with E-state index in [9.17, 15) is 14.7 Å². The minimum absolute atomic E-state index is 0.0257. The van der Waals surface area contributed by atoms with Crippen LogP contribution in [0, 0.1) is 27.7 Å². The monoisotopic (exact) mass is 835 g/mol. The third kappa shape index (κ3) is 10.9. The van der Waals surface area contributed by atoms with Crippen LogP contribution in [0.25, 0.3) is 12.2 Å². The number of carboxylic acid groups (broad SMARTS) is 1. The molecule has 2 unspecified atom stereocenters. The van der Waals surface area contributed by atoms with Gasteiger partial charge in [0.1, 0.15) is 6.10 Å². The molecule has 0 spiro atoms. The summed E-state index contributed by atoms with van der Waals surface area (Å²) in [5.74, 6) is -1.11. The zero-order chi connectivity index (χ0) is 42.6. The number of benzene rings is 2. The van der Waals surface area contributed by atoms with Crippen LogP contribution in [0.15, 0.2) is 48.6 Å². The second-order valence-electron chi connectivity index (χ2n) is 20.1. The Balaban J connectivity index is 0.000000140. The highest BCUT2D eigenvalue weighted by atomic mass is 16.5. The lowest BCUT2D eigenvalue weighted by Crippen LogP contribution is -2.65. The Morgan fingerprint density at radius 1 is 0.541 bits per heavy atom. The normalized spacial score (nSPS) is 33.8. The molecule has 2 aromatic carbocycles. The molecule has 9 nitrogen and oxygen atoms in total. The first-order valence-electron chi connectivity index (χ1n) is 24.1. The Morgan fingerprint density at radius 2 is 0.984 bits per heavy atom. The molecule has 0 radical (unpaired) electrons. The molecule has 4 bridgehead atoms. The van der Waals surface area contributed by atoms with E-state index in [1.54, 1.807) is 12.2 Å². The van der Waals surface area contributed by atoms with Gasteiger partial charge in [-0.15, -0.1) is 0 Å². The number of esters is 1. The topological polar surface area (TPSA) is 96.8 Å². The van der Waals surface area contributed by atoms with E-state index in [4.69, 9.17) is 9.84 Å². The van der Waals surface area contributed by atoms with Gasteiger partial charge in [0.25, 0.3) is 0 Å². The van der Waals surface area contributed by atoms with Crippen LogP contribution in [0.2, 0.25) is 0 Å². The molecule has 0 aromatic heterocycles. The maximum Gasteiger partial charge on any atom is 0.331 e. The lowest BCUT2D eigenvalue weighted by atomic mass is 9.76. The summed E-state index contributed by atoms with van der Waals surface area (Å²) in [7, 11) is 0. The highest BCUT2D eigenvalue weighted by molar-refractivity contribution is 5.87. The van der Waals surface area contributed by atoms with Crippen molar-refractivity contribution in [1.29, 1.82) is 0 Å². The quantitative estimate of drug-likeness (QED) is 0.227. The first kappa shape index (κ1) is 44.3. The lowest BCUT2D eigenvalue weighted by molar-refractivity contribution is -0.150. The van der Waals surface area contributed by atoms with E-state index < -0.39 is 5.97 Å². The van der Waals surface area contributed by atoms with Gasteiger partial charge in [-0.3, -0.25) is 19.6 Å². The SMILES string of the molecule is Cc1ccc(/C=C/C(=O)O)c(C)c1.Cc1ccc(/C=C\C(=O)OC2CCN3[C@@H]4C[C@@H](C[C@@H]3C2)N2CCCC[C@@H]2C4)c(C)c1.OC1CCN2[C@@H]3C[C@@H](C[C@@H]2C1)N1CCCC[C@@H]1C3. The van der Waals surface area contributed by atoms with E-state index in [0.717, 1.165) is 97.8 Å². The predicted molar refractivity (Wildman–Crippen MR) is 244 cm³/mol. The van der Waals surface area contributed by atoms with Crippen LogP contribution in [0.5, 0.6) is 0 Å². The number of hydrogen-bond donors (Lipinski definition) is 2. The largest absolute Gasteiger partial charge is 0.478 e. The summed E-state index contributed by atoms with van der Waals surface area (Å²) in [6, 6.07) is 18.4. The molecule has 332 valence electrons. The first-order chi connectivity index (χ1) is 29.5. The van der Waals surface area contributed by atoms with Crippen molar-refractivity contribution in [2.24, 2.45) is 0 Å². The number of aryl methyl sites for hydroxylation is 4. The van der Waals surface area contributed by atoms with Gasteiger partial charge in [0, 0.05) is 80.0 Å². The Labute approximate surface area is 366 Å². The molecule has 0 amide bonds. The smallest absolute Gasteiger partial charge is 0.331 e. The second-order valence-corrected chi connectivity index (χ2v) is 20.1. The van der Waals surface area contributed by atoms with Gasteiger partial charge in [-0.1, -0.05) is 60.4 Å². The Bertz CT molecular complexity index is 1900. The molecule has 61 heavy (non-hydrogen) atoms. The molecule has 0 saturated carbocycles. The molecule has 8 aliphatic heterocycles. The van der Waals surface area contributed by atoms with Crippen molar-refractivity contribution in [3.8, 4) is 0 Å².